The highest BCUT2D eigenvalue weighted by Gasteiger charge is 2.24. The lowest BCUT2D eigenvalue weighted by Gasteiger charge is -2.21. The van der Waals surface area contributed by atoms with Crippen molar-refractivity contribution in [1.82, 2.24) is 10.3 Å². The third kappa shape index (κ3) is 4.19. The molecule has 0 saturated heterocycles. The molecule has 1 unspecified atom stereocenters. The maximum absolute atomic E-state index is 12.8. The van der Waals surface area contributed by atoms with E-state index in [0.29, 0.717) is 5.56 Å². The highest BCUT2D eigenvalue weighted by molar-refractivity contribution is 5.84. The molecular formula is C22H24N2O3. The minimum atomic E-state index is -0.296. The Labute approximate surface area is 158 Å². The smallest absolute Gasteiger partial charge is 0.253 e. The molecule has 0 bridgehead atoms. The van der Waals surface area contributed by atoms with E-state index in [1.807, 2.05) is 68.4 Å². The fourth-order valence-corrected chi connectivity index (χ4v) is 3.27. The van der Waals surface area contributed by atoms with E-state index in [1.165, 1.54) is 0 Å². The second-order valence-corrected chi connectivity index (χ2v) is 6.92. The van der Waals surface area contributed by atoms with Crippen LogP contribution < -0.4 is 15.6 Å². The lowest BCUT2D eigenvalue weighted by molar-refractivity contribution is -0.123. The Bertz CT molecular complexity index is 990. The molecule has 1 atom stereocenters. The number of carbonyl (C=O) groups is 1. The normalized spacial score (nSPS) is 12.1. The van der Waals surface area contributed by atoms with E-state index in [4.69, 9.17) is 4.74 Å². The van der Waals surface area contributed by atoms with Crippen molar-refractivity contribution in [1.29, 1.82) is 0 Å². The number of pyridine rings is 1. The van der Waals surface area contributed by atoms with Gasteiger partial charge in [-0.2, -0.15) is 0 Å². The molecule has 0 fully saturated rings. The summed E-state index contributed by atoms with van der Waals surface area (Å²) in [4.78, 5) is 28.0. The monoisotopic (exact) mass is 364 g/mol. The van der Waals surface area contributed by atoms with Gasteiger partial charge >= 0.3 is 0 Å². The van der Waals surface area contributed by atoms with Crippen LogP contribution in [0.25, 0.3) is 10.9 Å². The molecule has 2 N–H and O–H groups in total. The largest absolute Gasteiger partial charge is 0.497 e. The third-order valence-corrected chi connectivity index (χ3v) is 4.71. The van der Waals surface area contributed by atoms with Crippen LogP contribution in [0, 0.1) is 5.92 Å². The van der Waals surface area contributed by atoms with Gasteiger partial charge in [0, 0.05) is 17.6 Å². The minimum absolute atomic E-state index is 0.0947. The summed E-state index contributed by atoms with van der Waals surface area (Å²) in [5, 5.41) is 3.86. The zero-order valence-electron chi connectivity index (χ0n) is 15.8. The Morgan fingerprint density at radius 3 is 2.48 bits per heavy atom. The summed E-state index contributed by atoms with van der Waals surface area (Å²) < 4.78 is 5.18. The van der Waals surface area contributed by atoms with Gasteiger partial charge in [-0.1, -0.05) is 44.2 Å². The molecule has 3 aromatic rings. The van der Waals surface area contributed by atoms with E-state index in [0.717, 1.165) is 22.2 Å². The predicted molar refractivity (Wildman–Crippen MR) is 107 cm³/mol. The predicted octanol–water partition coefficient (Wildman–Crippen LogP) is 3.59. The molecule has 0 aliphatic rings. The molecule has 1 heterocycles. The van der Waals surface area contributed by atoms with Gasteiger partial charge < -0.3 is 15.0 Å². The average Bonchev–Trinajstić information content (AvgIpc) is 2.66. The first-order valence-electron chi connectivity index (χ1n) is 9.02. The molecule has 140 valence electrons. The zero-order chi connectivity index (χ0) is 19.4. The molecule has 5 heteroatoms. The van der Waals surface area contributed by atoms with E-state index in [1.54, 1.807) is 7.11 Å². The van der Waals surface area contributed by atoms with Gasteiger partial charge in [-0.3, -0.25) is 9.59 Å². The molecule has 0 aliphatic carbocycles. The Kier molecular flexibility index (Phi) is 5.60. The molecule has 1 aromatic heterocycles. The van der Waals surface area contributed by atoms with Crippen molar-refractivity contribution in [2.24, 2.45) is 5.92 Å². The van der Waals surface area contributed by atoms with Gasteiger partial charge in [-0.15, -0.1) is 0 Å². The fourth-order valence-electron chi connectivity index (χ4n) is 3.27. The first-order valence-corrected chi connectivity index (χ1v) is 9.02. The fraction of sp³-hybridized carbons (Fsp3) is 0.273. The molecule has 0 radical (unpaired) electrons. The second kappa shape index (κ2) is 8.08. The number of ether oxygens (including phenoxy) is 1. The van der Waals surface area contributed by atoms with Gasteiger partial charge in [0.2, 0.25) is 5.91 Å². The summed E-state index contributed by atoms with van der Waals surface area (Å²) in [6.07, 6.45) is 0. The maximum atomic E-state index is 12.8. The summed E-state index contributed by atoms with van der Waals surface area (Å²) in [5.74, 6) is 0.482. The van der Waals surface area contributed by atoms with Crippen molar-refractivity contribution >= 4 is 16.8 Å². The molecule has 27 heavy (non-hydrogen) atoms. The number of fused-ring (bicyclic) bond motifs is 1. The number of hydrogen-bond acceptors (Lipinski definition) is 3. The van der Waals surface area contributed by atoms with Crippen LogP contribution >= 0.6 is 0 Å². The number of H-pyrrole nitrogens is 1. The van der Waals surface area contributed by atoms with E-state index in [9.17, 15) is 9.59 Å². The SMILES string of the molecule is COc1ccc(C(C(=O)NCc2cc3ccccc3[nH]c2=O)C(C)C)cc1. The van der Waals surface area contributed by atoms with Crippen LogP contribution in [0.15, 0.2) is 59.4 Å². The second-order valence-electron chi connectivity index (χ2n) is 6.92. The van der Waals surface area contributed by atoms with Crippen LogP contribution in [0.1, 0.15) is 30.9 Å². The molecule has 2 aromatic carbocycles. The Morgan fingerprint density at radius 2 is 1.81 bits per heavy atom. The van der Waals surface area contributed by atoms with Crippen LogP contribution in [0.3, 0.4) is 0 Å². The van der Waals surface area contributed by atoms with Crippen LogP contribution in [-0.2, 0) is 11.3 Å². The molecule has 3 rings (SSSR count). The van der Waals surface area contributed by atoms with E-state index >= 15 is 0 Å². The number of nitrogens with one attached hydrogen (secondary N) is 2. The van der Waals surface area contributed by atoms with E-state index in [-0.39, 0.29) is 29.8 Å². The van der Waals surface area contributed by atoms with Gasteiger partial charge in [0.1, 0.15) is 5.75 Å². The van der Waals surface area contributed by atoms with Gasteiger partial charge in [0.15, 0.2) is 0 Å². The van der Waals surface area contributed by atoms with E-state index in [2.05, 4.69) is 10.3 Å². The zero-order valence-corrected chi connectivity index (χ0v) is 15.8. The molecule has 5 nitrogen and oxygen atoms in total. The average molecular weight is 364 g/mol. The van der Waals surface area contributed by atoms with Crippen molar-refractivity contribution in [3.63, 3.8) is 0 Å². The topological polar surface area (TPSA) is 71.2 Å². The van der Waals surface area contributed by atoms with Crippen molar-refractivity contribution in [2.75, 3.05) is 7.11 Å². The van der Waals surface area contributed by atoms with Crippen molar-refractivity contribution in [3.05, 3.63) is 76.1 Å². The minimum Gasteiger partial charge on any atom is -0.497 e. The van der Waals surface area contributed by atoms with Gasteiger partial charge in [0.05, 0.1) is 13.0 Å². The first kappa shape index (κ1) is 18.7. The number of para-hydroxylation sites is 1. The Morgan fingerprint density at radius 1 is 1.11 bits per heavy atom. The number of amides is 1. The number of rotatable bonds is 6. The standard InChI is InChI=1S/C22H24N2O3/c1-14(2)20(15-8-10-18(27-3)11-9-15)22(26)23-13-17-12-16-6-4-5-7-19(16)24-21(17)25/h4-12,14,20H,13H2,1-3H3,(H,23,26)(H,24,25). The Balaban J connectivity index is 1.78. The van der Waals surface area contributed by atoms with Crippen LogP contribution in [-0.4, -0.2) is 18.0 Å². The number of methoxy groups -OCH3 is 1. The number of aromatic nitrogens is 1. The maximum Gasteiger partial charge on any atom is 0.253 e. The van der Waals surface area contributed by atoms with Crippen molar-refractivity contribution in [2.45, 2.75) is 26.3 Å². The van der Waals surface area contributed by atoms with Crippen molar-refractivity contribution in [3.8, 4) is 5.75 Å². The summed E-state index contributed by atoms with van der Waals surface area (Å²) in [7, 11) is 1.61. The van der Waals surface area contributed by atoms with Gasteiger partial charge in [-0.05, 0) is 41.1 Å². The van der Waals surface area contributed by atoms with Crippen LogP contribution in [0.5, 0.6) is 5.75 Å². The lowest BCUT2D eigenvalue weighted by atomic mass is 9.87. The summed E-state index contributed by atoms with van der Waals surface area (Å²) >= 11 is 0. The van der Waals surface area contributed by atoms with Crippen LogP contribution in [0.4, 0.5) is 0 Å². The Hall–Kier alpha value is -3.08. The quantitative estimate of drug-likeness (QED) is 0.702. The molecule has 0 spiro atoms. The highest BCUT2D eigenvalue weighted by Crippen LogP contribution is 2.26. The highest BCUT2D eigenvalue weighted by atomic mass is 16.5. The third-order valence-electron chi connectivity index (χ3n) is 4.71. The van der Waals surface area contributed by atoms with Gasteiger partial charge in [-0.25, -0.2) is 0 Å². The van der Waals surface area contributed by atoms with Crippen LogP contribution in [0.2, 0.25) is 0 Å². The summed E-state index contributed by atoms with van der Waals surface area (Å²) in [5.41, 5.74) is 2.07. The molecule has 1 amide bonds. The number of benzene rings is 2. The number of aromatic amines is 1. The number of hydrogen-bond donors (Lipinski definition) is 2. The first-order chi connectivity index (χ1) is 13.0. The lowest BCUT2D eigenvalue weighted by Crippen LogP contribution is -2.33. The van der Waals surface area contributed by atoms with Crippen molar-refractivity contribution < 1.29 is 9.53 Å². The molecule has 0 aliphatic heterocycles. The summed E-state index contributed by atoms with van der Waals surface area (Å²) in [6, 6.07) is 16.9. The number of carbonyl (C=O) groups excluding carboxylic acids is 1. The summed E-state index contributed by atoms with van der Waals surface area (Å²) in [6.45, 7) is 4.22. The van der Waals surface area contributed by atoms with E-state index < -0.39 is 0 Å². The van der Waals surface area contributed by atoms with Gasteiger partial charge in [0.25, 0.3) is 5.56 Å². The molecule has 0 saturated carbocycles. The molecular weight excluding hydrogens is 340 g/mol.